The molecule has 0 aliphatic carbocycles. The van der Waals surface area contributed by atoms with Crippen LogP contribution in [0.4, 0.5) is 0 Å². The molecule has 0 fully saturated rings. The number of rotatable bonds is 20. The molecule has 30 heavy (non-hydrogen) atoms. The van der Waals surface area contributed by atoms with Crippen LogP contribution in [0, 0.1) is 0 Å². The van der Waals surface area contributed by atoms with E-state index in [-0.39, 0.29) is 37.4 Å². The second-order valence-electron chi connectivity index (χ2n) is 8.25. The zero-order chi connectivity index (χ0) is 21.0. The van der Waals surface area contributed by atoms with Crippen LogP contribution in [0.1, 0.15) is 119 Å². The number of hydrogen-bond donors (Lipinski definition) is 0. The van der Waals surface area contributed by atoms with Gasteiger partial charge in [-0.15, -0.1) is 0 Å². The molecule has 0 saturated heterocycles. The van der Waals surface area contributed by atoms with E-state index in [4.69, 9.17) is 4.18 Å². The average molecular weight is 451 g/mol. The Morgan fingerprint density at radius 3 is 1.40 bits per heavy atom. The van der Waals surface area contributed by atoms with E-state index >= 15 is 0 Å². The minimum absolute atomic E-state index is 0. The molecule has 0 aliphatic heterocycles. The van der Waals surface area contributed by atoms with Crippen LogP contribution in [0.5, 0.6) is 0 Å². The molecule has 0 N–H and O–H groups in total. The van der Waals surface area contributed by atoms with Gasteiger partial charge in [0.2, 0.25) is 0 Å². The van der Waals surface area contributed by atoms with Crippen molar-refractivity contribution in [3.05, 3.63) is 30.3 Å². The molecule has 1 rings (SSSR count). The van der Waals surface area contributed by atoms with Crippen molar-refractivity contribution in [1.82, 2.24) is 0 Å². The molecule has 0 radical (unpaired) electrons. The van der Waals surface area contributed by atoms with Crippen molar-refractivity contribution in [1.29, 1.82) is 0 Å². The van der Waals surface area contributed by atoms with Gasteiger partial charge in [0.15, 0.2) is 0 Å². The molecule has 1 aromatic rings. The molecular formula is C25H46MgO3S. The molecule has 0 saturated carbocycles. The predicted molar refractivity (Wildman–Crippen MR) is 132 cm³/mol. The van der Waals surface area contributed by atoms with Crippen LogP contribution in [0.15, 0.2) is 35.2 Å². The van der Waals surface area contributed by atoms with Crippen molar-refractivity contribution >= 4 is 33.2 Å². The van der Waals surface area contributed by atoms with Gasteiger partial charge in [-0.3, -0.25) is 4.18 Å². The first kappa shape index (κ1) is 29.9. The maximum atomic E-state index is 12.0. The topological polar surface area (TPSA) is 43.4 Å². The van der Waals surface area contributed by atoms with E-state index < -0.39 is 10.1 Å². The Balaban J connectivity index is -0.00000280. The SMILES string of the molecule is CCCCCCCCCCCCCCCCCCCOS(=O)(=O)c1ccccc1.[H-].[H-].[Mg+2]. The largest absolute Gasteiger partial charge is 2.00 e. The Morgan fingerprint density at radius 2 is 1.00 bits per heavy atom. The van der Waals surface area contributed by atoms with Crippen LogP contribution >= 0.6 is 0 Å². The third-order valence-electron chi connectivity index (χ3n) is 5.52. The summed E-state index contributed by atoms with van der Waals surface area (Å²) in [5, 5.41) is 0. The van der Waals surface area contributed by atoms with Crippen molar-refractivity contribution in [3.63, 3.8) is 0 Å². The van der Waals surface area contributed by atoms with Gasteiger partial charge in [0.05, 0.1) is 11.5 Å². The predicted octanol–water partition coefficient (Wildman–Crippen LogP) is 7.89. The molecular weight excluding hydrogens is 405 g/mol. The molecule has 0 unspecified atom stereocenters. The van der Waals surface area contributed by atoms with Crippen LogP contribution in [-0.2, 0) is 14.3 Å². The van der Waals surface area contributed by atoms with Crippen LogP contribution in [0.2, 0.25) is 0 Å². The molecule has 0 spiro atoms. The molecule has 3 nitrogen and oxygen atoms in total. The summed E-state index contributed by atoms with van der Waals surface area (Å²) >= 11 is 0. The van der Waals surface area contributed by atoms with Crippen LogP contribution in [0.3, 0.4) is 0 Å². The molecule has 172 valence electrons. The summed E-state index contributed by atoms with van der Waals surface area (Å²) in [5.41, 5.74) is 0. The van der Waals surface area contributed by atoms with Gasteiger partial charge >= 0.3 is 23.1 Å². The van der Waals surface area contributed by atoms with Gasteiger partial charge in [0, 0.05) is 0 Å². The maximum Gasteiger partial charge on any atom is 2.00 e. The minimum atomic E-state index is -3.58. The molecule has 0 amide bonds. The van der Waals surface area contributed by atoms with Gasteiger partial charge in [-0.25, -0.2) is 0 Å². The molecule has 0 atom stereocenters. The Bertz CT molecular complexity index is 586. The van der Waals surface area contributed by atoms with Crippen LogP contribution in [0.25, 0.3) is 0 Å². The number of benzene rings is 1. The Kier molecular flexibility index (Phi) is 20.7. The van der Waals surface area contributed by atoms with E-state index in [2.05, 4.69) is 6.92 Å². The molecule has 0 bridgehead atoms. The second kappa shape index (κ2) is 20.8. The van der Waals surface area contributed by atoms with E-state index in [1.54, 1.807) is 30.3 Å². The first-order valence-electron chi connectivity index (χ1n) is 12.1. The van der Waals surface area contributed by atoms with E-state index in [9.17, 15) is 8.42 Å². The summed E-state index contributed by atoms with van der Waals surface area (Å²) in [6.45, 7) is 2.56. The third-order valence-corrected chi connectivity index (χ3v) is 6.84. The minimum Gasteiger partial charge on any atom is -1.00 e. The van der Waals surface area contributed by atoms with Crippen molar-refractivity contribution in [2.45, 2.75) is 121 Å². The standard InChI is InChI=1S/C25H44O3S.Mg.2H/c1-2-3-4-5-6-7-8-9-10-11-12-13-14-15-16-17-21-24-28-29(26,27)25-22-19-18-20-23-25;;;/h18-20,22-23H,2-17,21,24H2,1H3;;;/q;+2;2*-1. The fourth-order valence-electron chi connectivity index (χ4n) is 3.65. The Labute approximate surface area is 206 Å². The zero-order valence-corrected chi connectivity index (χ0v) is 21.7. The molecule has 0 heterocycles. The molecule has 0 aliphatic rings. The van der Waals surface area contributed by atoms with E-state index in [0.29, 0.717) is 0 Å². The summed E-state index contributed by atoms with van der Waals surface area (Å²) < 4.78 is 29.1. The fraction of sp³-hybridized carbons (Fsp3) is 0.760. The molecule has 1 aromatic carbocycles. The van der Waals surface area contributed by atoms with Gasteiger partial charge in [-0.1, -0.05) is 128 Å². The van der Waals surface area contributed by atoms with Crippen LogP contribution < -0.4 is 0 Å². The van der Waals surface area contributed by atoms with Gasteiger partial charge in [-0.2, -0.15) is 8.42 Å². The second-order valence-corrected chi connectivity index (χ2v) is 9.86. The number of unbranched alkanes of at least 4 members (excludes halogenated alkanes) is 16. The number of hydrogen-bond acceptors (Lipinski definition) is 3. The monoisotopic (exact) mass is 450 g/mol. The fourth-order valence-corrected chi connectivity index (χ4v) is 4.61. The first-order valence-corrected chi connectivity index (χ1v) is 13.5. The maximum absolute atomic E-state index is 12.0. The van der Waals surface area contributed by atoms with Crippen molar-refractivity contribution in [3.8, 4) is 0 Å². The third kappa shape index (κ3) is 16.6. The zero-order valence-electron chi connectivity index (χ0n) is 21.5. The summed E-state index contributed by atoms with van der Waals surface area (Å²) in [6, 6.07) is 8.38. The van der Waals surface area contributed by atoms with E-state index in [1.807, 2.05) is 0 Å². The molecule has 0 aromatic heterocycles. The normalized spacial score (nSPS) is 11.4. The average Bonchev–Trinajstić information content (AvgIpc) is 2.73. The van der Waals surface area contributed by atoms with Gasteiger partial charge in [-0.05, 0) is 18.6 Å². The van der Waals surface area contributed by atoms with Gasteiger partial charge < -0.3 is 2.85 Å². The van der Waals surface area contributed by atoms with Crippen molar-refractivity contribution < 1.29 is 15.5 Å². The Morgan fingerprint density at radius 1 is 0.633 bits per heavy atom. The molecule has 5 heteroatoms. The quantitative estimate of drug-likeness (QED) is 0.115. The smallest absolute Gasteiger partial charge is 1.00 e. The first-order chi connectivity index (χ1) is 14.2. The van der Waals surface area contributed by atoms with Crippen molar-refractivity contribution in [2.75, 3.05) is 6.61 Å². The summed E-state index contributed by atoms with van der Waals surface area (Å²) in [6.07, 6.45) is 22.4. The van der Waals surface area contributed by atoms with E-state index in [1.165, 1.54) is 96.3 Å². The van der Waals surface area contributed by atoms with Crippen molar-refractivity contribution in [2.24, 2.45) is 0 Å². The summed E-state index contributed by atoms with van der Waals surface area (Å²) in [4.78, 5) is 0.243. The Hall–Kier alpha value is -0.104. The summed E-state index contributed by atoms with van der Waals surface area (Å²) in [5.74, 6) is 0. The summed E-state index contributed by atoms with van der Waals surface area (Å²) in [7, 11) is -3.58. The van der Waals surface area contributed by atoms with Gasteiger partial charge in [0.1, 0.15) is 0 Å². The van der Waals surface area contributed by atoms with E-state index in [0.717, 1.165) is 12.8 Å². The van der Waals surface area contributed by atoms with Crippen LogP contribution in [-0.4, -0.2) is 38.1 Å². The van der Waals surface area contributed by atoms with Gasteiger partial charge in [0.25, 0.3) is 10.1 Å².